The summed E-state index contributed by atoms with van der Waals surface area (Å²) in [6, 6.07) is 4.33. The Balaban J connectivity index is 2.42. The Morgan fingerprint density at radius 1 is 1.50 bits per heavy atom. The fraction of sp³-hybridized carbons (Fsp3) is 0.364. The molecule has 0 aromatic heterocycles. The molecule has 0 saturated heterocycles. The predicted molar refractivity (Wildman–Crippen MR) is 63.2 cm³/mol. The summed E-state index contributed by atoms with van der Waals surface area (Å²) in [6.45, 7) is 2.75. The van der Waals surface area contributed by atoms with Crippen LogP contribution in [-0.4, -0.2) is 19.0 Å². The van der Waals surface area contributed by atoms with Crippen LogP contribution in [0.4, 0.5) is 10.1 Å². The van der Waals surface area contributed by atoms with Gasteiger partial charge in [0.2, 0.25) is 5.91 Å². The first kappa shape index (κ1) is 12.8. The van der Waals surface area contributed by atoms with Gasteiger partial charge in [0, 0.05) is 12.2 Å². The quantitative estimate of drug-likeness (QED) is 0.835. The highest BCUT2D eigenvalue weighted by atomic mass is 35.5. The van der Waals surface area contributed by atoms with Crippen LogP contribution in [0.1, 0.15) is 13.3 Å². The maximum absolute atomic E-state index is 13.0. The second kappa shape index (κ2) is 6.33. The molecule has 3 nitrogen and oxygen atoms in total. The number of benzene rings is 1. The minimum atomic E-state index is -0.499. The van der Waals surface area contributed by atoms with Crippen molar-refractivity contribution in [2.45, 2.75) is 13.3 Å². The van der Waals surface area contributed by atoms with E-state index in [2.05, 4.69) is 10.6 Å². The van der Waals surface area contributed by atoms with Crippen molar-refractivity contribution in [1.29, 1.82) is 0 Å². The second-order valence-corrected chi connectivity index (χ2v) is 3.74. The highest BCUT2D eigenvalue weighted by molar-refractivity contribution is 6.30. The van der Waals surface area contributed by atoms with Crippen molar-refractivity contribution in [2.24, 2.45) is 0 Å². The van der Waals surface area contributed by atoms with Gasteiger partial charge in [-0.2, -0.15) is 0 Å². The Bertz CT molecular complexity index is 371. The van der Waals surface area contributed by atoms with E-state index in [1.54, 1.807) is 6.07 Å². The van der Waals surface area contributed by atoms with Gasteiger partial charge in [0.15, 0.2) is 0 Å². The largest absolute Gasteiger partial charge is 0.376 e. The number of carbonyl (C=O) groups excluding carboxylic acids is 1. The Labute approximate surface area is 99.0 Å². The molecule has 1 amide bonds. The zero-order chi connectivity index (χ0) is 12.0. The minimum Gasteiger partial charge on any atom is -0.376 e. The molecule has 0 spiro atoms. The maximum atomic E-state index is 13.0. The van der Waals surface area contributed by atoms with Crippen molar-refractivity contribution >= 4 is 23.2 Å². The van der Waals surface area contributed by atoms with Crippen LogP contribution in [0.3, 0.4) is 0 Å². The molecular weight excluding hydrogens is 231 g/mol. The van der Waals surface area contributed by atoms with Crippen molar-refractivity contribution in [3.63, 3.8) is 0 Å². The van der Waals surface area contributed by atoms with Crippen LogP contribution in [0.15, 0.2) is 18.2 Å². The van der Waals surface area contributed by atoms with Crippen LogP contribution in [0.2, 0.25) is 5.02 Å². The Kier molecular flexibility index (Phi) is 5.05. The molecule has 0 atom stereocenters. The SMILES string of the molecule is CCCNC(=O)CNc1ccc(Cl)c(F)c1. The molecule has 5 heteroatoms. The van der Waals surface area contributed by atoms with Crippen molar-refractivity contribution in [3.8, 4) is 0 Å². The zero-order valence-corrected chi connectivity index (χ0v) is 9.77. The van der Waals surface area contributed by atoms with Gasteiger partial charge >= 0.3 is 0 Å². The van der Waals surface area contributed by atoms with Crippen LogP contribution < -0.4 is 10.6 Å². The molecular formula is C11H14ClFN2O. The normalized spacial score (nSPS) is 9.94. The van der Waals surface area contributed by atoms with Crippen LogP contribution in [0, 0.1) is 5.82 Å². The van der Waals surface area contributed by atoms with Gasteiger partial charge in [-0.3, -0.25) is 4.79 Å². The third-order valence-corrected chi connectivity index (χ3v) is 2.25. The smallest absolute Gasteiger partial charge is 0.239 e. The first-order valence-electron chi connectivity index (χ1n) is 5.09. The average molecular weight is 245 g/mol. The standard InChI is InChI=1S/C11H14ClFN2O/c1-2-5-14-11(16)7-15-8-3-4-9(12)10(13)6-8/h3-4,6,15H,2,5,7H2,1H3,(H,14,16). The maximum Gasteiger partial charge on any atom is 0.239 e. The summed E-state index contributed by atoms with van der Waals surface area (Å²) in [5.74, 6) is -0.613. The fourth-order valence-corrected chi connectivity index (χ4v) is 1.23. The molecule has 0 fully saturated rings. The molecule has 0 aliphatic heterocycles. The highest BCUT2D eigenvalue weighted by Gasteiger charge is 2.02. The molecule has 0 aliphatic carbocycles. The van der Waals surface area contributed by atoms with Gasteiger partial charge < -0.3 is 10.6 Å². The Hall–Kier alpha value is -1.29. The zero-order valence-electron chi connectivity index (χ0n) is 9.02. The molecule has 0 heterocycles. The van der Waals surface area contributed by atoms with Crippen LogP contribution in [-0.2, 0) is 4.79 Å². The Morgan fingerprint density at radius 2 is 2.25 bits per heavy atom. The summed E-state index contributed by atoms with van der Waals surface area (Å²) in [7, 11) is 0. The number of anilines is 1. The van der Waals surface area contributed by atoms with E-state index in [1.165, 1.54) is 12.1 Å². The van der Waals surface area contributed by atoms with Crippen molar-refractivity contribution < 1.29 is 9.18 Å². The van der Waals surface area contributed by atoms with E-state index in [0.717, 1.165) is 6.42 Å². The third-order valence-electron chi connectivity index (χ3n) is 1.94. The summed E-state index contributed by atoms with van der Waals surface area (Å²) in [6.07, 6.45) is 0.890. The molecule has 1 rings (SSSR count). The van der Waals surface area contributed by atoms with Gasteiger partial charge in [0.1, 0.15) is 5.82 Å². The molecule has 0 saturated carbocycles. The van der Waals surface area contributed by atoms with Gasteiger partial charge in [-0.25, -0.2) is 4.39 Å². The summed E-state index contributed by atoms with van der Waals surface area (Å²) in [5.41, 5.74) is 0.536. The van der Waals surface area contributed by atoms with Crippen LogP contribution >= 0.6 is 11.6 Å². The lowest BCUT2D eigenvalue weighted by Gasteiger charge is -2.07. The van der Waals surface area contributed by atoms with E-state index in [1.807, 2.05) is 6.92 Å². The van der Waals surface area contributed by atoms with E-state index in [-0.39, 0.29) is 17.5 Å². The molecule has 2 N–H and O–H groups in total. The predicted octanol–water partition coefficient (Wildman–Crippen LogP) is 2.42. The Morgan fingerprint density at radius 3 is 2.88 bits per heavy atom. The summed E-state index contributed by atoms with van der Waals surface area (Å²) in [4.78, 5) is 11.2. The number of rotatable bonds is 5. The topological polar surface area (TPSA) is 41.1 Å². The molecule has 88 valence electrons. The van der Waals surface area contributed by atoms with E-state index >= 15 is 0 Å². The van der Waals surface area contributed by atoms with Crippen LogP contribution in [0.25, 0.3) is 0 Å². The monoisotopic (exact) mass is 244 g/mol. The first-order valence-corrected chi connectivity index (χ1v) is 5.47. The summed E-state index contributed by atoms with van der Waals surface area (Å²) in [5, 5.41) is 5.59. The molecule has 0 unspecified atom stereocenters. The highest BCUT2D eigenvalue weighted by Crippen LogP contribution is 2.18. The number of hydrogen-bond acceptors (Lipinski definition) is 2. The van der Waals surface area contributed by atoms with Crippen molar-refractivity contribution in [1.82, 2.24) is 5.32 Å². The number of nitrogens with one attached hydrogen (secondary N) is 2. The molecule has 1 aromatic carbocycles. The first-order chi connectivity index (χ1) is 7.63. The van der Waals surface area contributed by atoms with E-state index in [9.17, 15) is 9.18 Å². The molecule has 0 bridgehead atoms. The van der Waals surface area contributed by atoms with Crippen molar-refractivity contribution in [2.75, 3.05) is 18.4 Å². The lowest BCUT2D eigenvalue weighted by Crippen LogP contribution is -2.30. The van der Waals surface area contributed by atoms with Gasteiger partial charge in [-0.15, -0.1) is 0 Å². The van der Waals surface area contributed by atoms with Gasteiger partial charge in [0.25, 0.3) is 0 Å². The fourth-order valence-electron chi connectivity index (χ4n) is 1.12. The lowest BCUT2D eigenvalue weighted by molar-refractivity contribution is -0.119. The second-order valence-electron chi connectivity index (χ2n) is 3.33. The number of carbonyl (C=O) groups is 1. The molecule has 16 heavy (non-hydrogen) atoms. The van der Waals surface area contributed by atoms with Gasteiger partial charge in [-0.05, 0) is 24.6 Å². The van der Waals surface area contributed by atoms with Crippen molar-refractivity contribution in [3.05, 3.63) is 29.0 Å². The van der Waals surface area contributed by atoms with Gasteiger partial charge in [0.05, 0.1) is 11.6 Å². The lowest BCUT2D eigenvalue weighted by atomic mass is 10.3. The molecule has 0 aliphatic rings. The number of halogens is 2. The molecule has 1 aromatic rings. The molecule has 0 radical (unpaired) electrons. The van der Waals surface area contributed by atoms with Crippen LogP contribution in [0.5, 0.6) is 0 Å². The minimum absolute atomic E-state index is 0.0704. The van der Waals surface area contributed by atoms with E-state index in [0.29, 0.717) is 12.2 Å². The number of amides is 1. The van der Waals surface area contributed by atoms with Gasteiger partial charge in [-0.1, -0.05) is 18.5 Å². The summed E-state index contributed by atoms with van der Waals surface area (Å²) >= 11 is 5.53. The third kappa shape index (κ3) is 4.06. The summed E-state index contributed by atoms with van der Waals surface area (Å²) < 4.78 is 13.0. The average Bonchev–Trinajstić information content (AvgIpc) is 2.28. The van der Waals surface area contributed by atoms with E-state index in [4.69, 9.17) is 11.6 Å². The number of hydrogen-bond donors (Lipinski definition) is 2. The van der Waals surface area contributed by atoms with E-state index < -0.39 is 5.82 Å².